The topological polar surface area (TPSA) is 63.8 Å². The Bertz CT molecular complexity index is 580. The summed E-state index contributed by atoms with van der Waals surface area (Å²) >= 11 is 0. The quantitative estimate of drug-likeness (QED) is 0.876. The second kappa shape index (κ2) is 5.36. The number of nitrogens with zero attached hydrogens (tertiary/aromatic N) is 2. The summed E-state index contributed by atoms with van der Waals surface area (Å²) in [4.78, 5) is 8.70. The molecule has 2 aromatic rings. The molecule has 0 amide bonds. The van der Waals surface area contributed by atoms with E-state index in [9.17, 15) is 0 Å². The van der Waals surface area contributed by atoms with Gasteiger partial charge in [0.1, 0.15) is 12.1 Å². The van der Waals surface area contributed by atoms with Crippen LogP contribution < -0.4 is 11.1 Å². The maximum absolute atomic E-state index is 5.66. The van der Waals surface area contributed by atoms with Gasteiger partial charge in [-0.25, -0.2) is 9.97 Å². The second-order valence-electron chi connectivity index (χ2n) is 4.88. The Morgan fingerprint density at radius 2 is 2.05 bits per heavy atom. The van der Waals surface area contributed by atoms with Crippen LogP contribution in [0.4, 0.5) is 5.82 Å². The first-order valence-corrected chi connectivity index (χ1v) is 6.71. The van der Waals surface area contributed by atoms with Crippen LogP contribution in [0.3, 0.4) is 0 Å². The summed E-state index contributed by atoms with van der Waals surface area (Å²) in [6.45, 7) is 1.36. The van der Waals surface area contributed by atoms with E-state index in [1.165, 1.54) is 23.2 Å². The largest absolute Gasteiger partial charge is 0.366 e. The number of aryl methyl sites for hydroxylation is 1. The summed E-state index contributed by atoms with van der Waals surface area (Å²) in [5, 5.41) is 3.42. The van der Waals surface area contributed by atoms with Crippen molar-refractivity contribution in [2.75, 3.05) is 5.32 Å². The van der Waals surface area contributed by atoms with Gasteiger partial charge >= 0.3 is 0 Å². The standard InChI is InChI=1S/C15H18N4/c16-8-11-3-1-4-12(7-11)9-17-15-13-5-2-6-14(13)18-10-19-15/h1,3-4,7,10H,2,5-6,8-9,16H2,(H,17,18,19). The highest BCUT2D eigenvalue weighted by Gasteiger charge is 2.16. The van der Waals surface area contributed by atoms with E-state index < -0.39 is 0 Å². The van der Waals surface area contributed by atoms with E-state index in [0.29, 0.717) is 6.54 Å². The highest BCUT2D eigenvalue weighted by molar-refractivity contribution is 5.48. The lowest BCUT2D eigenvalue weighted by Crippen LogP contribution is -2.06. The molecule has 4 nitrogen and oxygen atoms in total. The SMILES string of the molecule is NCc1cccc(CNc2ncnc3c2CCC3)c1. The molecule has 1 aliphatic carbocycles. The molecular weight excluding hydrogens is 236 g/mol. The van der Waals surface area contributed by atoms with Crippen molar-refractivity contribution in [1.29, 1.82) is 0 Å². The van der Waals surface area contributed by atoms with Gasteiger partial charge in [0.2, 0.25) is 0 Å². The smallest absolute Gasteiger partial charge is 0.133 e. The van der Waals surface area contributed by atoms with Crippen LogP contribution in [0.5, 0.6) is 0 Å². The zero-order valence-corrected chi connectivity index (χ0v) is 10.9. The van der Waals surface area contributed by atoms with Crippen LogP contribution in [0.25, 0.3) is 0 Å². The van der Waals surface area contributed by atoms with E-state index in [-0.39, 0.29) is 0 Å². The molecule has 1 aliphatic rings. The van der Waals surface area contributed by atoms with Crippen molar-refractivity contribution >= 4 is 5.82 Å². The van der Waals surface area contributed by atoms with Crippen LogP contribution >= 0.6 is 0 Å². The highest BCUT2D eigenvalue weighted by Crippen LogP contribution is 2.25. The predicted molar refractivity (Wildman–Crippen MR) is 75.7 cm³/mol. The van der Waals surface area contributed by atoms with Gasteiger partial charge in [-0.05, 0) is 30.4 Å². The Morgan fingerprint density at radius 1 is 1.16 bits per heavy atom. The zero-order valence-electron chi connectivity index (χ0n) is 10.9. The van der Waals surface area contributed by atoms with Crippen molar-refractivity contribution in [3.63, 3.8) is 0 Å². The monoisotopic (exact) mass is 254 g/mol. The molecule has 98 valence electrons. The molecule has 0 radical (unpaired) electrons. The third kappa shape index (κ3) is 2.58. The fourth-order valence-corrected chi connectivity index (χ4v) is 2.56. The van der Waals surface area contributed by atoms with Gasteiger partial charge in [-0.3, -0.25) is 0 Å². The summed E-state index contributed by atoms with van der Waals surface area (Å²) in [6, 6.07) is 8.33. The normalized spacial score (nSPS) is 13.3. The van der Waals surface area contributed by atoms with Crippen LogP contribution in [0.2, 0.25) is 0 Å². The molecule has 19 heavy (non-hydrogen) atoms. The lowest BCUT2D eigenvalue weighted by atomic mass is 10.1. The molecule has 0 bridgehead atoms. The molecule has 0 unspecified atom stereocenters. The minimum atomic E-state index is 0.580. The molecule has 0 saturated carbocycles. The number of nitrogens with one attached hydrogen (secondary N) is 1. The predicted octanol–water partition coefficient (Wildman–Crippen LogP) is 2.04. The van der Waals surface area contributed by atoms with Crippen LogP contribution in [-0.4, -0.2) is 9.97 Å². The number of hydrogen-bond donors (Lipinski definition) is 2. The Morgan fingerprint density at radius 3 is 2.95 bits per heavy atom. The van der Waals surface area contributed by atoms with Crippen LogP contribution in [0.15, 0.2) is 30.6 Å². The van der Waals surface area contributed by atoms with Crippen LogP contribution in [-0.2, 0) is 25.9 Å². The van der Waals surface area contributed by atoms with Crippen LogP contribution in [0.1, 0.15) is 28.8 Å². The molecule has 0 spiro atoms. The number of nitrogens with two attached hydrogens (primary N) is 1. The molecule has 0 fully saturated rings. The Labute approximate surface area is 113 Å². The van der Waals surface area contributed by atoms with E-state index in [1.807, 2.05) is 12.1 Å². The summed E-state index contributed by atoms with van der Waals surface area (Å²) in [6.07, 6.45) is 5.00. The Kier molecular flexibility index (Phi) is 3.42. The summed E-state index contributed by atoms with van der Waals surface area (Å²) in [5.74, 6) is 0.987. The molecule has 0 aliphatic heterocycles. The molecule has 3 rings (SSSR count). The number of anilines is 1. The fourth-order valence-electron chi connectivity index (χ4n) is 2.56. The first-order chi connectivity index (χ1) is 9.36. The van der Waals surface area contributed by atoms with E-state index in [1.54, 1.807) is 6.33 Å². The van der Waals surface area contributed by atoms with Crippen molar-refractivity contribution in [3.05, 3.63) is 53.0 Å². The lowest BCUT2D eigenvalue weighted by Gasteiger charge is -2.10. The van der Waals surface area contributed by atoms with Crippen molar-refractivity contribution in [3.8, 4) is 0 Å². The molecule has 3 N–H and O–H groups in total. The van der Waals surface area contributed by atoms with Crippen molar-refractivity contribution in [2.24, 2.45) is 5.73 Å². The Hall–Kier alpha value is -1.94. The minimum absolute atomic E-state index is 0.580. The molecule has 0 saturated heterocycles. The third-order valence-electron chi connectivity index (χ3n) is 3.56. The first kappa shape index (κ1) is 12.1. The molecule has 1 aromatic carbocycles. The minimum Gasteiger partial charge on any atom is -0.366 e. The van der Waals surface area contributed by atoms with E-state index in [2.05, 4.69) is 27.4 Å². The number of aromatic nitrogens is 2. The van der Waals surface area contributed by atoms with Gasteiger partial charge in [0, 0.05) is 24.3 Å². The maximum atomic E-state index is 5.66. The number of rotatable bonds is 4. The Balaban J connectivity index is 1.74. The highest BCUT2D eigenvalue weighted by atomic mass is 15.0. The van der Waals surface area contributed by atoms with Gasteiger partial charge in [-0.1, -0.05) is 24.3 Å². The van der Waals surface area contributed by atoms with Crippen molar-refractivity contribution < 1.29 is 0 Å². The average Bonchev–Trinajstić information content (AvgIpc) is 2.94. The first-order valence-electron chi connectivity index (χ1n) is 6.71. The van der Waals surface area contributed by atoms with Gasteiger partial charge in [0.25, 0.3) is 0 Å². The number of hydrogen-bond acceptors (Lipinski definition) is 4. The maximum Gasteiger partial charge on any atom is 0.133 e. The molecule has 1 aromatic heterocycles. The molecule has 0 atom stereocenters. The third-order valence-corrected chi connectivity index (χ3v) is 3.56. The van der Waals surface area contributed by atoms with Gasteiger partial charge in [0.05, 0.1) is 0 Å². The van der Waals surface area contributed by atoms with Gasteiger partial charge in [0.15, 0.2) is 0 Å². The van der Waals surface area contributed by atoms with Gasteiger partial charge in [-0.15, -0.1) is 0 Å². The van der Waals surface area contributed by atoms with E-state index >= 15 is 0 Å². The van der Waals surface area contributed by atoms with Crippen molar-refractivity contribution in [2.45, 2.75) is 32.4 Å². The van der Waals surface area contributed by atoms with Gasteiger partial charge in [-0.2, -0.15) is 0 Å². The lowest BCUT2D eigenvalue weighted by molar-refractivity contribution is 0.899. The molecule has 4 heteroatoms. The summed E-state index contributed by atoms with van der Waals surface area (Å²) in [7, 11) is 0. The fraction of sp³-hybridized carbons (Fsp3) is 0.333. The summed E-state index contributed by atoms with van der Waals surface area (Å²) in [5.41, 5.74) is 10.5. The van der Waals surface area contributed by atoms with Crippen LogP contribution in [0, 0.1) is 0 Å². The molecular formula is C15H18N4. The average molecular weight is 254 g/mol. The second-order valence-corrected chi connectivity index (χ2v) is 4.88. The zero-order chi connectivity index (χ0) is 13.1. The van der Waals surface area contributed by atoms with Crippen molar-refractivity contribution in [1.82, 2.24) is 9.97 Å². The summed E-state index contributed by atoms with van der Waals surface area (Å²) < 4.78 is 0. The number of benzene rings is 1. The van der Waals surface area contributed by atoms with E-state index in [4.69, 9.17) is 5.73 Å². The van der Waals surface area contributed by atoms with Gasteiger partial charge < -0.3 is 11.1 Å². The number of fused-ring (bicyclic) bond motifs is 1. The molecule has 1 heterocycles. The van der Waals surface area contributed by atoms with E-state index in [0.717, 1.165) is 30.8 Å².